The number of nitrogens with two attached hydrogens (primary N) is 1. The molecule has 3 aromatic rings. The predicted octanol–water partition coefficient (Wildman–Crippen LogP) is 2.55. The summed E-state index contributed by atoms with van der Waals surface area (Å²) < 4.78 is 31.3. The third-order valence-electron chi connectivity index (χ3n) is 8.87. The molecule has 0 radical (unpaired) electrons. The Labute approximate surface area is 323 Å². The number of aliphatic carboxylic acids is 2. The molecule has 0 saturated heterocycles. The zero-order valence-corrected chi connectivity index (χ0v) is 31.8. The fourth-order valence-corrected chi connectivity index (χ4v) is 6.15. The second-order valence-corrected chi connectivity index (χ2v) is 14.5. The normalized spacial score (nSPS) is 13.5. The van der Waals surface area contributed by atoms with Crippen LogP contribution in [-0.4, -0.2) is 98.2 Å². The van der Waals surface area contributed by atoms with Crippen LogP contribution in [0.3, 0.4) is 0 Å². The molecule has 15 nitrogen and oxygen atoms in total. The van der Waals surface area contributed by atoms with Gasteiger partial charge in [0.1, 0.15) is 30.3 Å². The second-order valence-electron chi connectivity index (χ2n) is 14.5. The lowest BCUT2D eigenvalue weighted by atomic mass is 9.82. The van der Waals surface area contributed by atoms with Crippen molar-refractivity contribution in [2.45, 2.75) is 84.1 Å². The molecule has 17 heteroatoms. The smallest absolute Gasteiger partial charge is 0.326 e. The maximum absolute atomic E-state index is 15.1. The van der Waals surface area contributed by atoms with E-state index in [0.717, 1.165) is 23.8 Å². The first-order valence-electron chi connectivity index (χ1n) is 18.0. The Morgan fingerprint density at radius 1 is 0.893 bits per heavy atom. The number of carboxylic acids is 2. The molecule has 2 aromatic carbocycles. The van der Waals surface area contributed by atoms with Crippen LogP contribution in [0.5, 0.6) is 0 Å². The van der Waals surface area contributed by atoms with E-state index in [4.69, 9.17) is 10.8 Å². The number of rotatable bonds is 20. The fourth-order valence-electron chi connectivity index (χ4n) is 6.15. The first kappa shape index (κ1) is 44.7. The molecule has 0 aliphatic rings. The first-order chi connectivity index (χ1) is 26.3. The number of aliphatic hydroxyl groups excluding tert-OH is 1. The van der Waals surface area contributed by atoms with E-state index in [0.29, 0.717) is 11.3 Å². The Kier molecular flexibility index (Phi) is 16.2. The zero-order valence-electron chi connectivity index (χ0n) is 31.8. The quantitative estimate of drug-likeness (QED) is 0.0885. The number of hydrogen-bond donors (Lipinski definition) is 7. The molecule has 0 unspecified atom stereocenters. The summed E-state index contributed by atoms with van der Waals surface area (Å²) >= 11 is 0. The van der Waals surface area contributed by atoms with Crippen LogP contribution in [0.1, 0.15) is 70.7 Å². The van der Waals surface area contributed by atoms with Crippen molar-refractivity contribution in [1.29, 1.82) is 0 Å². The summed E-state index contributed by atoms with van der Waals surface area (Å²) in [5.41, 5.74) is 6.70. The fraction of sp³-hybridized carbons (Fsp3) is 0.436. The molecule has 0 saturated carbocycles. The van der Waals surface area contributed by atoms with Crippen LogP contribution in [0.15, 0.2) is 60.8 Å². The highest BCUT2D eigenvalue weighted by Crippen LogP contribution is 2.41. The lowest BCUT2D eigenvalue weighted by Crippen LogP contribution is -2.53. The number of halogens is 2. The van der Waals surface area contributed by atoms with Crippen molar-refractivity contribution in [3.63, 3.8) is 0 Å². The first-order valence-corrected chi connectivity index (χ1v) is 18.0. The maximum Gasteiger partial charge on any atom is 0.326 e. The van der Waals surface area contributed by atoms with E-state index in [-0.39, 0.29) is 44.5 Å². The molecule has 4 amide bonds. The van der Waals surface area contributed by atoms with Gasteiger partial charge in [-0.3, -0.25) is 24.0 Å². The average molecular weight is 785 g/mol. The molecular weight excluding hydrogens is 734 g/mol. The van der Waals surface area contributed by atoms with Crippen LogP contribution in [0, 0.1) is 17.0 Å². The topological polar surface area (TPSA) is 233 Å². The lowest BCUT2D eigenvalue weighted by molar-refractivity contribution is -0.143. The summed E-state index contributed by atoms with van der Waals surface area (Å²) in [6.07, 6.45) is 0.222. The van der Waals surface area contributed by atoms with E-state index in [9.17, 15) is 43.4 Å². The number of amides is 4. The molecule has 0 aliphatic carbocycles. The monoisotopic (exact) mass is 784 g/mol. The van der Waals surface area contributed by atoms with Gasteiger partial charge < -0.3 is 46.5 Å². The number of carboxylic acid groups (broad SMARTS) is 2. The number of nitrogens with one attached hydrogen (secondary N) is 3. The number of benzene rings is 2. The minimum atomic E-state index is -1.46. The van der Waals surface area contributed by atoms with E-state index in [2.05, 4.69) is 16.0 Å². The number of nitrogens with zero attached hydrogens (tertiary/aromatic N) is 2. The van der Waals surface area contributed by atoms with Gasteiger partial charge in [0.25, 0.3) is 0 Å². The van der Waals surface area contributed by atoms with Crippen molar-refractivity contribution >= 4 is 35.6 Å². The highest BCUT2D eigenvalue weighted by Gasteiger charge is 2.38. The van der Waals surface area contributed by atoms with Gasteiger partial charge in [0.2, 0.25) is 23.6 Å². The predicted molar refractivity (Wildman–Crippen MR) is 201 cm³/mol. The van der Waals surface area contributed by atoms with Gasteiger partial charge in [0, 0.05) is 55.5 Å². The minimum Gasteiger partial charge on any atom is -0.481 e. The van der Waals surface area contributed by atoms with Crippen LogP contribution >= 0.6 is 0 Å². The summed E-state index contributed by atoms with van der Waals surface area (Å²) in [4.78, 5) is 76.0. The lowest BCUT2D eigenvalue weighted by Gasteiger charge is -2.41. The van der Waals surface area contributed by atoms with E-state index in [1.54, 1.807) is 12.3 Å². The molecule has 0 fully saturated rings. The third-order valence-corrected chi connectivity index (χ3v) is 8.87. The van der Waals surface area contributed by atoms with E-state index in [1.165, 1.54) is 11.8 Å². The zero-order chi connectivity index (χ0) is 41.7. The van der Waals surface area contributed by atoms with Gasteiger partial charge >= 0.3 is 11.9 Å². The third kappa shape index (κ3) is 13.0. The maximum atomic E-state index is 15.1. The van der Waals surface area contributed by atoms with Crippen molar-refractivity contribution in [1.82, 2.24) is 25.4 Å². The van der Waals surface area contributed by atoms with Crippen molar-refractivity contribution in [2.75, 3.05) is 19.7 Å². The molecule has 8 N–H and O–H groups in total. The van der Waals surface area contributed by atoms with Crippen LogP contribution < -0.4 is 21.7 Å². The molecule has 56 heavy (non-hydrogen) atoms. The Morgan fingerprint density at radius 3 is 2.16 bits per heavy atom. The largest absolute Gasteiger partial charge is 0.481 e. The molecule has 3 rings (SSSR count). The number of carbonyl (C=O) groups is 6. The Morgan fingerprint density at radius 2 is 1.57 bits per heavy atom. The second kappa shape index (κ2) is 20.3. The SMILES string of the molecule is C[C@H](N)C(=O)N[C@@H](CCN(C(=O)CO)[C@@H](c1cc(-c2cc(F)ccc2F)cn1Cc1ccccc1)C(C)(C)C)C(=O)NCCC(=O)N[C@H](CCC(=O)O)C(=O)O. The van der Waals surface area contributed by atoms with Crippen molar-refractivity contribution in [2.24, 2.45) is 11.1 Å². The Balaban J connectivity index is 1.95. The highest BCUT2D eigenvalue weighted by atomic mass is 19.1. The summed E-state index contributed by atoms with van der Waals surface area (Å²) in [6, 6.07) is 9.41. The Hall–Kier alpha value is -5.68. The van der Waals surface area contributed by atoms with Crippen LogP contribution in [0.2, 0.25) is 0 Å². The highest BCUT2D eigenvalue weighted by molar-refractivity contribution is 5.90. The van der Waals surface area contributed by atoms with E-state index in [1.807, 2.05) is 55.7 Å². The molecule has 0 aliphatic heterocycles. The van der Waals surface area contributed by atoms with Gasteiger partial charge in [0.05, 0.1) is 12.1 Å². The van der Waals surface area contributed by atoms with Gasteiger partial charge in [-0.05, 0) is 55.0 Å². The van der Waals surface area contributed by atoms with Crippen molar-refractivity contribution < 1.29 is 52.9 Å². The average Bonchev–Trinajstić information content (AvgIpc) is 3.53. The van der Waals surface area contributed by atoms with Crippen LogP contribution in [0.25, 0.3) is 11.1 Å². The van der Waals surface area contributed by atoms with Gasteiger partial charge in [-0.25, -0.2) is 13.6 Å². The Bertz CT molecular complexity index is 1860. The molecule has 4 atom stereocenters. The number of carbonyl (C=O) groups excluding carboxylic acids is 4. The van der Waals surface area contributed by atoms with Gasteiger partial charge in [-0.2, -0.15) is 0 Å². The van der Waals surface area contributed by atoms with Gasteiger partial charge in [-0.15, -0.1) is 0 Å². The van der Waals surface area contributed by atoms with E-state index >= 15 is 4.39 Å². The number of aromatic nitrogens is 1. The molecule has 0 bridgehead atoms. The molecule has 1 aromatic heterocycles. The van der Waals surface area contributed by atoms with Crippen molar-refractivity contribution in [3.05, 3.63) is 83.7 Å². The van der Waals surface area contributed by atoms with Crippen molar-refractivity contribution in [3.8, 4) is 11.1 Å². The van der Waals surface area contributed by atoms with Crippen LogP contribution in [0.4, 0.5) is 8.78 Å². The summed E-state index contributed by atoms with van der Waals surface area (Å²) in [5.74, 6) is -6.93. The van der Waals surface area contributed by atoms with Gasteiger partial charge in [0.15, 0.2) is 0 Å². The summed E-state index contributed by atoms with van der Waals surface area (Å²) in [6.45, 7) is 5.80. The molecule has 0 spiro atoms. The summed E-state index contributed by atoms with van der Waals surface area (Å²) in [5, 5.41) is 35.6. The molecular formula is C39H50F2N6O9. The number of hydrogen-bond acceptors (Lipinski definition) is 8. The number of aliphatic hydroxyl groups is 1. The molecule has 304 valence electrons. The van der Waals surface area contributed by atoms with Crippen LogP contribution in [-0.2, 0) is 35.3 Å². The van der Waals surface area contributed by atoms with Gasteiger partial charge in [-0.1, -0.05) is 51.1 Å². The molecule has 1 heterocycles. The minimum absolute atomic E-state index is 0.00599. The standard InChI is InChI=1S/C39H50F2N6O9/c1-23(42)36(53)45-29(37(54)43-16-14-32(49)44-30(38(55)56)12-13-34(51)52)15-17-47(33(50)22-48)35(39(2,3)4)31-18-25(27-19-26(40)10-11-28(27)41)21-46(31)20-24-8-6-5-7-9-24/h5-11,18-19,21,23,29-30,35,48H,12-17,20,22,42H2,1-4H3,(H,43,54)(H,44,49)(H,45,53)(H,51,52)(H,55,56)/t23-,29-,30+,35-/m0/s1. The summed E-state index contributed by atoms with van der Waals surface area (Å²) in [7, 11) is 0. The van der Waals surface area contributed by atoms with E-state index < -0.39 is 89.8 Å².